The van der Waals surface area contributed by atoms with Gasteiger partial charge in [-0.05, 0) is 36.1 Å². The second-order valence-corrected chi connectivity index (χ2v) is 4.94. The van der Waals surface area contributed by atoms with Gasteiger partial charge in [-0.1, -0.05) is 44.2 Å². The smallest absolute Gasteiger partial charge is 0.119 e. The first-order valence-corrected chi connectivity index (χ1v) is 6.95. The number of hydrogen-bond acceptors (Lipinski definition) is 2. The highest BCUT2D eigenvalue weighted by Gasteiger charge is 2.04. The molecule has 2 nitrogen and oxygen atoms in total. The fourth-order valence-corrected chi connectivity index (χ4v) is 2.04. The third kappa shape index (κ3) is 3.39. The van der Waals surface area contributed by atoms with E-state index in [2.05, 4.69) is 32.0 Å². The van der Waals surface area contributed by atoms with Gasteiger partial charge in [0.25, 0.3) is 0 Å². The predicted octanol–water partition coefficient (Wildman–Crippen LogP) is 4.65. The summed E-state index contributed by atoms with van der Waals surface area (Å²) in [6, 6.07) is 17.9. The van der Waals surface area contributed by atoms with Crippen molar-refractivity contribution in [2.75, 3.05) is 0 Å². The first kappa shape index (κ1) is 14.1. The van der Waals surface area contributed by atoms with Crippen LogP contribution in [0, 0.1) is 11.3 Å². The summed E-state index contributed by atoms with van der Waals surface area (Å²) in [6.45, 7) is 4.83. The van der Waals surface area contributed by atoms with Crippen molar-refractivity contribution in [1.29, 1.82) is 5.26 Å². The number of nitriles is 1. The van der Waals surface area contributed by atoms with E-state index in [0.29, 0.717) is 18.1 Å². The Hall–Kier alpha value is -2.27. The molecule has 2 aromatic carbocycles. The van der Waals surface area contributed by atoms with Crippen LogP contribution in [0.4, 0.5) is 0 Å². The van der Waals surface area contributed by atoms with Crippen LogP contribution in [0.25, 0.3) is 0 Å². The molecule has 0 aliphatic carbocycles. The van der Waals surface area contributed by atoms with Crippen molar-refractivity contribution in [2.45, 2.75) is 32.8 Å². The summed E-state index contributed by atoms with van der Waals surface area (Å²) in [5.74, 6) is 1.41. The lowest BCUT2D eigenvalue weighted by molar-refractivity contribution is 0.306. The van der Waals surface area contributed by atoms with Gasteiger partial charge in [-0.25, -0.2) is 0 Å². The van der Waals surface area contributed by atoms with E-state index < -0.39 is 0 Å². The predicted molar refractivity (Wildman–Crippen MR) is 80.6 cm³/mol. The van der Waals surface area contributed by atoms with Crippen LogP contribution < -0.4 is 4.74 Å². The lowest BCUT2D eigenvalue weighted by Crippen LogP contribution is -1.98. The summed E-state index contributed by atoms with van der Waals surface area (Å²) in [5, 5.41) is 9.03. The summed E-state index contributed by atoms with van der Waals surface area (Å²) in [4.78, 5) is 0. The maximum atomic E-state index is 9.03. The molecule has 0 amide bonds. The van der Waals surface area contributed by atoms with Crippen LogP contribution in [0.2, 0.25) is 0 Å². The van der Waals surface area contributed by atoms with E-state index in [1.165, 1.54) is 5.56 Å². The van der Waals surface area contributed by atoms with Gasteiger partial charge in [-0.3, -0.25) is 0 Å². The monoisotopic (exact) mass is 265 g/mol. The largest absolute Gasteiger partial charge is 0.489 e. The minimum absolute atomic E-state index is 0.423. The Morgan fingerprint density at radius 3 is 2.45 bits per heavy atom. The first-order chi connectivity index (χ1) is 9.74. The van der Waals surface area contributed by atoms with Crippen molar-refractivity contribution in [3.8, 4) is 11.8 Å². The average Bonchev–Trinajstić information content (AvgIpc) is 2.53. The lowest BCUT2D eigenvalue weighted by Gasteiger charge is -2.11. The van der Waals surface area contributed by atoms with Gasteiger partial charge >= 0.3 is 0 Å². The van der Waals surface area contributed by atoms with Crippen LogP contribution >= 0.6 is 0 Å². The van der Waals surface area contributed by atoms with Gasteiger partial charge in [0.2, 0.25) is 0 Å². The molecule has 0 fully saturated rings. The molecule has 2 rings (SSSR count). The summed E-state index contributed by atoms with van der Waals surface area (Å²) in [7, 11) is 0. The van der Waals surface area contributed by atoms with E-state index in [-0.39, 0.29) is 0 Å². The molecule has 0 spiro atoms. The van der Waals surface area contributed by atoms with E-state index in [0.717, 1.165) is 17.7 Å². The molecule has 0 aromatic heterocycles. The van der Waals surface area contributed by atoms with E-state index in [1.807, 2.05) is 36.4 Å². The Kier molecular flexibility index (Phi) is 4.79. The summed E-state index contributed by atoms with van der Waals surface area (Å²) in [5.41, 5.74) is 2.92. The maximum Gasteiger partial charge on any atom is 0.119 e. The van der Waals surface area contributed by atoms with Crippen LogP contribution in [0.5, 0.6) is 5.75 Å². The molecule has 0 aliphatic rings. The number of hydrogen-bond donors (Lipinski definition) is 0. The SMILES string of the molecule is CCC(C)c1ccc(OCc2ccccc2C#N)cc1. The molecule has 0 heterocycles. The number of benzene rings is 2. The van der Waals surface area contributed by atoms with Gasteiger partial charge in [0.15, 0.2) is 0 Å². The summed E-state index contributed by atoms with van der Waals surface area (Å²) >= 11 is 0. The van der Waals surface area contributed by atoms with Crippen molar-refractivity contribution in [3.05, 3.63) is 65.2 Å². The van der Waals surface area contributed by atoms with Crippen molar-refractivity contribution in [1.82, 2.24) is 0 Å². The Labute approximate surface area is 120 Å². The maximum absolute atomic E-state index is 9.03. The molecule has 0 saturated carbocycles. The topological polar surface area (TPSA) is 33.0 Å². The molecule has 1 atom stereocenters. The fraction of sp³-hybridized carbons (Fsp3) is 0.278. The zero-order valence-corrected chi connectivity index (χ0v) is 12.0. The molecule has 2 heteroatoms. The van der Waals surface area contributed by atoms with Gasteiger partial charge in [-0.2, -0.15) is 5.26 Å². The van der Waals surface area contributed by atoms with E-state index in [1.54, 1.807) is 0 Å². The Morgan fingerprint density at radius 1 is 1.10 bits per heavy atom. The van der Waals surface area contributed by atoms with Crippen molar-refractivity contribution >= 4 is 0 Å². The lowest BCUT2D eigenvalue weighted by atomic mass is 9.99. The van der Waals surface area contributed by atoms with Crippen LogP contribution in [0.1, 0.15) is 42.9 Å². The molecule has 1 unspecified atom stereocenters. The molecule has 102 valence electrons. The van der Waals surface area contributed by atoms with Gasteiger partial charge in [0.1, 0.15) is 12.4 Å². The standard InChI is InChI=1S/C18H19NO/c1-3-14(2)15-8-10-18(11-9-15)20-13-17-7-5-4-6-16(17)12-19/h4-11,14H,3,13H2,1-2H3. The fourth-order valence-electron chi connectivity index (χ4n) is 2.04. The van der Waals surface area contributed by atoms with Crippen LogP contribution in [-0.2, 0) is 6.61 Å². The highest BCUT2D eigenvalue weighted by molar-refractivity contribution is 5.37. The number of ether oxygens (including phenoxy) is 1. The third-order valence-corrected chi connectivity index (χ3v) is 3.59. The second kappa shape index (κ2) is 6.77. The van der Waals surface area contributed by atoms with Crippen LogP contribution in [0.15, 0.2) is 48.5 Å². The van der Waals surface area contributed by atoms with E-state index >= 15 is 0 Å². The second-order valence-electron chi connectivity index (χ2n) is 4.94. The van der Waals surface area contributed by atoms with E-state index in [4.69, 9.17) is 10.00 Å². The van der Waals surface area contributed by atoms with Crippen molar-refractivity contribution in [3.63, 3.8) is 0 Å². The molecular formula is C18H19NO. The molecule has 2 aromatic rings. The number of nitrogens with zero attached hydrogens (tertiary/aromatic N) is 1. The number of rotatable bonds is 5. The summed E-state index contributed by atoms with van der Waals surface area (Å²) in [6.07, 6.45) is 1.13. The zero-order chi connectivity index (χ0) is 14.4. The minimum Gasteiger partial charge on any atom is -0.489 e. The average molecular weight is 265 g/mol. The van der Waals surface area contributed by atoms with Crippen LogP contribution in [0.3, 0.4) is 0 Å². The molecular weight excluding hydrogens is 246 g/mol. The molecule has 0 N–H and O–H groups in total. The quantitative estimate of drug-likeness (QED) is 0.788. The molecule has 20 heavy (non-hydrogen) atoms. The first-order valence-electron chi connectivity index (χ1n) is 6.95. The van der Waals surface area contributed by atoms with Crippen molar-refractivity contribution in [2.24, 2.45) is 0 Å². The Morgan fingerprint density at radius 2 is 1.80 bits per heavy atom. The van der Waals surface area contributed by atoms with E-state index in [9.17, 15) is 0 Å². The highest BCUT2D eigenvalue weighted by atomic mass is 16.5. The Balaban J connectivity index is 2.03. The van der Waals surface area contributed by atoms with Crippen LogP contribution in [-0.4, -0.2) is 0 Å². The molecule has 0 aliphatic heterocycles. The third-order valence-electron chi connectivity index (χ3n) is 3.59. The Bertz CT molecular complexity index is 596. The summed E-state index contributed by atoms with van der Waals surface area (Å²) < 4.78 is 5.75. The van der Waals surface area contributed by atoms with Crippen molar-refractivity contribution < 1.29 is 4.74 Å². The molecule has 0 saturated heterocycles. The van der Waals surface area contributed by atoms with Gasteiger partial charge in [-0.15, -0.1) is 0 Å². The zero-order valence-electron chi connectivity index (χ0n) is 12.0. The normalized spacial score (nSPS) is 11.7. The molecule has 0 radical (unpaired) electrons. The van der Waals surface area contributed by atoms with Gasteiger partial charge in [0, 0.05) is 5.56 Å². The molecule has 0 bridgehead atoms. The van der Waals surface area contributed by atoms with Gasteiger partial charge in [0.05, 0.1) is 11.6 Å². The minimum atomic E-state index is 0.423. The highest BCUT2D eigenvalue weighted by Crippen LogP contribution is 2.22. The van der Waals surface area contributed by atoms with Gasteiger partial charge < -0.3 is 4.74 Å².